The van der Waals surface area contributed by atoms with Gasteiger partial charge in [-0.05, 0) is 12.1 Å². The van der Waals surface area contributed by atoms with E-state index in [4.69, 9.17) is 9.84 Å². The lowest BCUT2D eigenvalue weighted by molar-refractivity contribution is 0.311. The molecule has 4 heteroatoms. The monoisotopic (exact) mass is 218 g/mol. The Balaban J connectivity index is 2.50. The number of nitrogens with zero attached hydrogens (tertiary/aromatic N) is 1. The van der Waals surface area contributed by atoms with Crippen LogP contribution in [0, 0.1) is 0 Å². The summed E-state index contributed by atoms with van der Waals surface area (Å²) in [6.07, 6.45) is 1.75. The lowest BCUT2D eigenvalue weighted by Gasteiger charge is -2.10. The van der Waals surface area contributed by atoms with E-state index in [1.807, 2.05) is 24.3 Å². The third-order valence-electron chi connectivity index (χ3n) is 2.34. The molecular formula is C12H14N2O2. The third kappa shape index (κ3) is 2.06. The molecule has 84 valence electrons. The van der Waals surface area contributed by atoms with E-state index in [1.54, 1.807) is 13.3 Å². The normalized spacial score (nSPS) is 10.4. The highest BCUT2D eigenvalue weighted by molar-refractivity contribution is 5.91. The summed E-state index contributed by atoms with van der Waals surface area (Å²) in [6, 6.07) is 7.68. The fraction of sp³-hybridized carbons (Fsp3) is 0.250. The first-order valence-corrected chi connectivity index (χ1v) is 5.12. The topological polar surface area (TPSA) is 54.4 Å². The maximum absolute atomic E-state index is 8.81. The first kappa shape index (κ1) is 10.7. The van der Waals surface area contributed by atoms with E-state index in [2.05, 4.69) is 10.3 Å². The number of ether oxygens (including phenoxy) is 1. The van der Waals surface area contributed by atoms with Gasteiger partial charge in [0.2, 0.25) is 0 Å². The van der Waals surface area contributed by atoms with E-state index < -0.39 is 0 Å². The molecule has 2 N–H and O–H groups in total. The molecule has 0 bridgehead atoms. The van der Waals surface area contributed by atoms with Crippen LogP contribution in [0.4, 0.5) is 5.69 Å². The number of pyridine rings is 1. The quantitative estimate of drug-likeness (QED) is 0.819. The van der Waals surface area contributed by atoms with Gasteiger partial charge in [0.1, 0.15) is 5.75 Å². The van der Waals surface area contributed by atoms with Crippen LogP contribution in [0.3, 0.4) is 0 Å². The van der Waals surface area contributed by atoms with Crippen molar-refractivity contribution in [1.82, 2.24) is 4.98 Å². The van der Waals surface area contributed by atoms with Gasteiger partial charge in [-0.15, -0.1) is 0 Å². The zero-order valence-electron chi connectivity index (χ0n) is 9.10. The van der Waals surface area contributed by atoms with Crippen molar-refractivity contribution in [3.8, 4) is 5.75 Å². The number of aliphatic hydroxyl groups excluding tert-OH is 1. The smallest absolute Gasteiger partial charge is 0.121 e. The van der Waals surface area contributed by atoms with Crippen LogP contribution in [-0.2, 0) is 0 Å². The lowest BCUT2D eigenvalue weighted by Crippen LogP contribution is -2.06. The van der Waals surface area contributed by atoms with Gasteiger partial charge in [-0.1, -0.05) is 6.07 Å². The predicted molar refractivity (Wildman–Crippen MR) is 63.9 cm³/mol. The SMILES string of the molecule is COc1cc(NCCO)c2ncccc2c1. The molecule has 2 rings (SSSR count). The Kier molecular flexibility index (Phi) is 3.22. The minimum absolute atomic E-state index is 0.0888. The van der Waals surface area contributed by atoms with Crippen molar-refractivity contribution in [3.63, 3.8) is 0 Å². The molecule has 0 aliphatic carbocycles. The fourth-order valence-electron chi connectivity index (χ4n) is 1.61. The van der Waals surface area contributed by atoms with Crippen molar-refractivity contribution >= 4 is 16.6 Å². The highest BCUT2D eigenvalue weighted by Gasteiger charge is 2.04. The number of aromatic nitrogens is 1. The summed E-state index contributed by atoms with van der Waals surface area (Å²) in [5.74, 6) is 0.779. The van der Waals surface area contributed by atoms with Crippen LogP contribution in [0.15, 0.2) is 30.5 Å². The molecule has 0 saturated heterocycles. The van der Waals surface area contributed by atoms with E-state index in [0.29, 0.717) is 6.54 Å². The van der Waals surface area contributed by atoms with E-state index >= 15 is 0 Å². The molecule has 1 aromatic carbocycles. The van der Waals surface area contributed by atoms with Crippen LogP contribution in [-0.4, -0.2) is 30.4 Å². The van der Waals surface area contributed by atoms with Crippen LogP contribution < -0.4 is 10.1 Å². The van der Waals surface area contributed by atoms with Gasteiger partial charge in [0, 0.05) is 24.2 Å². The van der Waals surface area contributed by atoms with Gasteiger partial charge in [-0.2, -0.15) is 0 Å². The molecule has 0 amide bonds. The Morgan fingerprint density at radius 1 is 1.44 bits per heavy atom. The summed E-state index contributed by atoms with van der Waals surface area (Å²) < 4.78 is 5.21. The first-order valence-electron chi connectivity index (χ1n) is 5.12. The second-order valence-electron chi connectivity index (χ2n) is 3.40. The van der Waals surface area contributed by atoms with Crippen LogP contribution in [0.5, 0.6) is 5.75 Å². The van der Waals surface area contributed by atoms with E-state index in [0.717, 1.165) is 22.3 Å². The Morgan fingerprint density at radius 2 is 2.31 bits per heavy atom. The number of rotatable bonds is 4. The van der Waals surface area contributed by atoms with Crippen LogP contribution in [0.25, 0.3) is 10.9 Å². The van der Waals surface area contributed by atoms with Gasteiger partial charge in [-0.3, -0.25) is 4.98 Å². The van der Waals surface area contributed by atoms with E-state index in [1.165, 1.54) is 0 Å². The summed E-state index contributed by atoms with van der Waals surface area (Å²) in [5.41, 5.74) is 1.76. The van der Waals surface area contributed by atoms with Crippen molar-refractivity contribution in [3.05, 3.63) is 30.5 Å². The van der Waals surface area contributed by atoms with Gasteiger partial charge in [0.05, 0.1) is 24.9 Å². The van der Waals surface area contributed by atoms with Crippen molar-refractivity contribution < 1.29 is 9.84 Å². The number of hydrogen-bond acceptors (Lipinski definition) is 4. The molecule has 4 nitrogen and oxygen atoms in total. The molecule has 0 radical (unpaired) electrons. The predicted octanol–water partition coefficient (Wildman–Crippen LogP) is 1.65. The van der Waals surface area contributed by atoms with Crippen LogP contribution in [0.2, 0.25) is 0 Å². The molecule has 1 aromatic heterocycles. The number of aliphatic hydroxyl groups is 1. The highest BCUT2D eigenvalue weighted by Crippen LogP contribution is 2.27. The summed E-state index contributed by atoms with van der Waals surface area (Å²) >= 11 is 0. The first-order chi connectivity index (χ1) is 7.85. The molecule has 0 aliphatic heterocycles. The number of benzene rings is 1. The fourth-order valence-corrected chi connectivity index (χ4v) is 1.61. The van der Waals surface area contributed by atoms with Crippen molar-refractivity contribution in [2.75, 3.05) is 25.6 Å². The molecule has 0 aliphatic rings. The number of fused-ring (bicyclic) bond motifs is 1. The largest absolute Gasteiger partial charge is 0.497 e. The molecule has 1 heterocycles. The zero-order chi connectivity index (χ0) is 11.4. The minimum Gasteiger partial charge on any atom is -0.497 e. The number of nitrogens with one attached hydrogen (secondary N) is 1. The average molecular weight is 218 g/mol. The van der Waals surface area contributed by atoms with Crippen molar-refractivity contribution in [2.24, 2.45) is 0 Å². The van der Waals surface area contributed by atoms with Crippen molar-refractivity contribution in [1.29, 1.82) is 0 Å². The number of anilines is 1. The second-order valence-corrected chi connectivity index (χ2v) is 3.40. The Bertz CT molecular complexity index is 485. The maximum Gasteiger partial charge on any atom is 0.121 e. The lowest BCUT2D eigenvalue weighted by atomic mass is 10.2. The van der Waals surface area contributed by atoms with Gasteiger partial charge in [0.15, 0.2) is 0 Å². The third-order valence-corrected chi connectivity index (χ3v) is 2.34. The Labute approximate surface area is 93.9 Å². The Hall–Kier alpha value is -1.81. The summed E-state index contributed by atoms with van der Waals surface area (Å²) in [4.78, 5) is 4.31. The Morgan fingerprint density at radius 3 is 3.06 bits per heavy atom. The molecule has 0 saturated carbocycles. The summed E-state index contributed by atoms with van der Waals surface area (Å²) in [6.45, 7) is 0.588. The molecule has 2 aromatic rings. The minimum atomic E-state index is 0.0888. The van der Waals surface area contributed by atoms with Gasteiger partial charge in [0.25, 0.3) is 0 Å². The van der Waals surface area contributed by atoms with Gasteiger partial charge < -0.3 is 15.2 Å². The second kappa shape index (κ2) is 4.81. The maximum atomic E-state index is 8.81. The number of methoxy groups -OCH3 is 1. The van der Waals surface area contributed by atoms with Gasteiger partial charge >= 0.3 is 0 Å². The van der Waals surface area contributed by atoms with Crippen LogP contribution in [0.1, 0.15) is 0 Å². The standard InChI is InChI=1S/C12H14N2O2/c1-16-10-7-9-3-2-4-14-12(9)11(8-10)13-5-6-15/h2-4,7-8,13,15H,5-6H2,1H3. The summed E-state index contributed by atoms with van der Waals surface area (Å²) in [7, 11) is 1.63. The molecule has 0 unspecified atom stereocenters. The molecular weight excluding hydrogens is 204 g/mol. The van der Waals surface area contributed by atoms with Crippen LogP contribution >= 0.6 is 0 Å². The summed E-state index contributed by atoms with van der Waals surface area (Å²) in [5, 5.41) is 12.9. The van der Waals surface area contributed by atoms with Crippen molar-refractivity contribution in [2.45, 2.75) is 0 Å². The number of hydrogen-bond donors (Lipinski definition) is 2. The molecule has 0 atom stereocenters. The molecule has 16 heavy (non-hydrogen) atoms. The average Bonchev–Trinajstić information content (AvgIpc) is 2.35. The van der Waals surface area contributed by atoms with Gasteiger partial charge in [-0.25, -0.2) is 0 Å². The molecule has 0 fully saturated rings. The van der Waals surface area contributed by atoms with E-state index in [9.17, 15) is 0 Å². The highest BCUT2D eigenvalue weighted by atomic mass is 16.5. The van der Waals surface area contributed by atoms with E-state index in [-0.39, 0.29) is 6.61 Å². The molecule has 0 spiro atoms. The zero-order valence-corrected chi connectivity index (χ0v) is 9.10.